The largest absolute Gasteiger partial charge is 0.341 e. The van der Waals surface area contributed by atoms with Gasteiger partial charge in [-0.3, -0.25) is 9.59 Å². The second-order valence-corrected chi connectivity index (χ2v) is 7.88. The number of halogens is 2. The van der Waals surface area contributed by atoms with Crippen molar-refractivity contribution < 1.29 is 9.59 Å². The lowest BCUT2D eigenvalue weighted by atomic mass is 10.1. The first-order valence-electron chi connectivity index (χ1n) is 9.61. The summed E-state index contributed by atoms with van der Waals surface area (Å²) in [7, 11) is 0. The maximum Gasteiger partial charge on any atom is 0.329 e. The lowest BCUT2D eigenvalue weighted by Gasteiger charge is -2.13. The second kappa shape index (κ2) is 9.81. The van der Waals surface area contributed by atoms with Crippen LogP contribution in [0.1, 0.15) is 35.5 Å². The first-order chi connectivity index (χ1) is 14.8. The van der Waals surface area contributed by atoms with E-state index in [4.69, 9.17) is 23.2 Å². The lowest BCUT2D eigenvalue weighted by Crippen LogP contribution is -2.39. The van der Waals surface area contributed by atoms with Crippen LogP contribution in [-0.2, 0) is 9.59 Å². The summed E-state index contributed by atoms with van der Waals surface area (Å²) < 4.78 is 2.00. The number of carbonyl (C=O) groups excluding carboxylic acids is 2. The van der Waals surface area contributed by atoms with E-state index in [1.54, 1.807) is 12.1 Å². The summed E-state index contributed by atoms with van der Waals surface area (Å²) in [6.07, 6.45) is 1.50. The van der Waals surface area contributed by atoms with Crippen LogP contribution in [0.4, 0.5) is 0 Å². The van der Waals surface area contributed by atoms with Gasteiger partial charge in [-0.1, -0.05) is 53.5 Å². The zero-order valence-corrected chi connectivity index (χ0v) is 18.8. The van der Waals surface area contributed by atoms with Gasteiger partial charge >= 0.3 is 11.8 Å². The standard InChI is InChI=1S/C23H22Cl2N4O2/c1-14-11-18(16(3)29(14)19-9-10-20(24)21(25)12-19)13-26-28-23(31)22(30)27-15(2)17-7-5-4-6-8-17/h4-13,15H,1-3H3,(H,27,30)(H,28,31)/b26-13-/t15-/m1/s1. The summed E-state index contributed by atoms with van der Waals surface area (Å²) in [4.78, 5) is 24.2. The van der Waals surface area contributed by atoms with Gasteiger partial charge in [0.25, 0.3) is 0 Å². The fourth-order valence-electron chi connectivity index (χ4n) is 3.24. The predicted molar refractivity (Wildman–Crippen MR) is 124 cm³/mol. The Morgan fingerprint density at radius 3 is 2.39 bits per heavy atom. The maximum atomic E-state index is 12.1. The first-order valence-corrected chi connectivity index (χ1v) is 10.4. The summed E-state index contributed by atoms with van der Waals surface area (Å²) in [5.74, 6) is -1.59. The Hall–Kier alpha value is -3.09. The summed E-state index contributed by atoms with van der Waals surface area (Å²) >= 11 is 12.1. The molecular weight excluding hydrogens is 435 g/mol. The minimum atomic E-state index is -0.836. The van der Waals surface area contributed by atoms with Gasteiger partial charge in [0.2, 0.25) is 0 Å². The number of hydrazone groups is 1. The number of nitrogens with zero attached hydrogens (tertiary/aromatic N) is 2. The number of aromatic nitrogens is 1. The molecule has 0 unspecified atom stereocenters. The van der Waals surface area contributed by atoms with E-state index in [2.05, 4.69) is 15.8 Å². The molecule has 1 aromatic heterocycles. The van der Waals surface area contributed by atoms with Crippen molar-refractivity contribution in [3.05, 3.63) is 87.2 Å². The smallest absolute Gasteiger partial charge is 0.329 e. The van der Waals surface area contributed by atoms with Crippen molar-refractivity contribution in [1.82, 2.24) is 15.3 Å². The Kier molecular flexibility index (Phi) is 7.15. The molecule has 0 radical (unpaired) electrons. The Bertz CT molecular complexity index is 1140. The second-order valence-electron chi connectivity index (χ2n) is 7.07. The summed E-state index contributed by atoms with van der Waals surface area (Å²) in [5, 5.41) is 7.53. The third kappa shape index (κ3) is 5.34. The Morgan fingerprint density at radius 2 is 1.71 bits per heavy atom. The predicted octanol–water partition coefficient (Wildman–Crippen LogP) is 4.73. The molecule has 2 amide bonds. The van der Waals surface area contributed by atoms with Gasteiger partial charge in [-0.05, 0) is 50.6 Å². The summed E-state index contributed by atoms with van der Waals surface area (Å²) in [6.45, 7) is 5.68. The van der Waals surface area contributed by atoms with Crippen LogP contribution in [0.25, 0.3) is 5.69 Å². The Labute approximate surface area is 190 Å². The number of aryl methyl sites for hydroxylation is 1. The zero-order valence-electron chi connectivity index (χ0n) is 17.3. The third-order valence-corrected chi connectivity index (χ3v) is 5.59. The highest BCUT2D eigenvalue weighted by molar-refractivity contribution is 6.42. The lowest BCUT2D eigenvalue weighted by molar-refractivity contribution is -0.139. The maximum absolute atomic E-state index is 12.1. The van der Waals surface area contributed by atoms with Crippen LogP contribution in [0.15, 0.2) is 59.7 Å². The van der Waals surface area contributed by atoms with Gasteiger partial charge in [0.1, 0.15) is 0 Å². The van der Waals surface area contributed by atoms with E-state index in [-0.39, 0.29) is 6.04 Å². The number of nitrogens with one attached hydrogen (secondary N) is 2. The molecule has 0 spiro atoms. The van der Waals surface area contributed by atoms with Crippen LogP contribution in [0.2, 0.25) is 10.0 Å². The molecule has 1 heterocycles. The van der Waals surface area contributed by atoms with Gasteiger partial charge in [-0.25, -0.2) is 5.43 Å². The van der Waals surface area contributed by atoms with Crippen LogP contribution in [-0.4, -0.2) is 22.6 Å². The highest BCUT2D eigenvalue weighted by Crippen LogP contribution is 2.27. The number of rotatable bonds is 5. The van der Waals surface area contributed by atoms with Gasteiger partial charge in [-0.15, -0.1) is 0 Å². The molecule has 0 saturated carbocycles. The van der Waals surface area contributed by atoms with E-state index in [0.29, 0.717) is 10.0 Å². The van der Waals surface area contributed by atoms with Crippen molar-refractivity contribution in [2.75, 3.05) is 0 Å². The minimum Gasteiger partial charge on any atom is -0.341 e. The number of hydrogen-bond acceptors (Lipinski definition) is 3. The quantitative estimate of drug-likeness (QED) is 0.330. The van der Waals surface area contributed by atoms with Crippen molar-refractivity contribution in [2.24, 2.45) is 5.10 Å². The van der Waals surface area contributed by atoms with Crippen LogP contribution in [0, 0.1) is 13.8 Å². The molecular formula is C23H22Cl2N4O2. The molecule has 31 heavy (non-hydrogen) atoms. The molecule has 0 aliphatic heterocycles. The Morgan fingerprint density at radius 1 is 1.00 bits per heavy atom. The van der Waals surface area contributed by atoms with E-state index < -0.39 is 11.8 Å². The van der Waals surface area contributed by atoms with Crippen LogP contribution >= 0.6 is 23.2 Å². The number of amides is 2. The summed E-state index contributed by atoms with van der Waals surface area (Å²) in [5.41, 5.74) is 6.69. The molecule has 2 N–H and O–H groups in total. The normalized spacial score (nSPS) is 12.0. The fourth-order valence-corrected chi connectivity index (χ4v) is 3.53. The third-order valence-electron chi connectivity index (χ3n) is 4.85. The molecule has 0 bridgehead atoms. The topological polar surface area (TPSA) is 75.5 Å². The monoisotopic (exact) mass is 456 g/mol. The average molecular weight is 457 g/mol. The zero-order chi connectivity index (χ0) is 22.5. The molecule has 3 aromatic rings. The number of carbonyl (C=O) groups is 2. The van der Waals surface area contributed by atoms with Crippen molar-refractivity contribution in [1.29, 1.82) is 0 Å². The molecule has 8 heteroatoms. The highest BCUT2D eigenvalue weighted by atomic mass is 35.5. The molecule has 0 fully saturated rings. The molecule has 1 atom stereocenters. The van der Waals surface area contributed by atoms with Crippen LogP contribution in [0.5, 0.6) is 0 Å². The van der Waals surface area contributed by atoms with Gasteiger partial charge in [0.15, 0.2) is 0 Å². The van der Waals surface area contributed by atoms with Gasteiger partial charge < -0.3 is 9.88 Å². The molecule has 2 aromatic carbocycles. The summed E-state index contributed by atoms with van der Waals surface area (Å²) in [6, 6.07) is 16.4. The molecule has 0 aliphatic carbocycles. The van der Waals surface area contributed by atoms with Gasteiger partial charge in [0, 0.05) is 22.6 Å². The van der Waals surface area contributed by atoms with Crippen molar-refractivity contribution >= 4 is 41.2 Å². The van der Waals surface area contributed by atoms with Crippen LogP contribution < -0.4 is 10.7 Å². The highest BCUT2D eigenvalue weighted by Gasteiger charge is 2.16. The SMILES string of the molecule is Cc1cc(/C=N\NC(=O)C(=O)N[C@H](C)c2ccccc2)c(C)n1-c1ccc(Cl)c(Cl)c1. The minimum absolute atomic E-state index is 0.298. The van der Waals surface area contributed by atoms with Gasteiger partial charge in [0.05, 0.1) is 22.3 Å². The Balaban J connectivity index is 1.66. The van der Waals surface area contributed by atoms with E-state index >= 15 is 0 Å². The average Bonchev–Trinajstić information content (AvgIpc) is 3.03. The van der Waals surface area contributed by atoms with E-state index in [9.17, 15) is 9.59 Å². The number of hydrogen-bond donors (Lipinski definition) is 2. The van der Waals surface area contributed by atoms with E-state index in [0.717, 1.165) is 28.2 Å². The molecule has 160 valence electrons. The number of benzene rings is 2. The van der Waals surface area contributed by atoms with E-state index in [1.807, 2.05) is 67.8 Å². The molecule has 6 nitrogen and oxygen atoms in total. The molecule has 0 saturated heterocycles. The molecule has 3 rings (SSSR count). The van der Waals surface area contributed by atoms with Crippen molar-refractivity contribution in [3.8, 4) is 5.69 Å². The van der Waals surface area contributed by atoms with Crippen molar-refractivity contribution in [3.63, 3.8) is 0 Å². The molecule has 0 aliphatic rings. The van der Waals surface area contributed by atoms with Crippen LogP contribution in [0.3, 0.4) is 0 Å². The van der Waals surface area contributed by atoms with E-state index in [1.165, 1.54) is 6.21 Å². The van der Waals surface area contributed by atoms with Crippen molar-refractivity contribution in [2.45, 2.75) is 26.8 Å². The van der Waals surface area contributed by atoms with Gasteiger partial charge in [-0.2, -0.15) is 5.10 Å². The first kappa shape index (κ1) is 22.6. The fraction of sp³-hybridized carbons (Fsp3) is 0.174.